The van der Waals surface area contributed by atoms with Crippen molar-refractivity contribution in [2.24, 2.45) is 0 Å². The molecule has 18 heavy (non-hydrogen) atoms. The Labute approximate surface area is 115 Å². The minimum absolute atomic E-state index is 0.0538. The summed E-state index contributed by atoms with van der Waals surface area (Å²) in [4.78, 5) is 21.5. The van der Waals surface area contributed by atoms with Crippen LogP contribution in [0.1, 0.15) is 48.8 Å². The van der Waals surface area contributed by atoms with Crippen LogP contribution < -0.4 is 5.56 Å². The van der Waals surface area contributed by atoms with Crippen molar-refractivity contribution in [3.63, 3.8) is 0 Å². The van der Waals surface area contributed by atoms with E-state index in [1.807, 2.05) is 6.92 Å². The zero-order valence-corrected chi connectivity index (χ0v) is 12.4. The van der Waals surface area contributed by atoms with Gasteiger partial charge in [0.05, 0.1) is 10.8 Å². The second-order valence-corrected chi connectivity index (χ2v) is 6.09. The quantitative estimate of drug-likeness (QED) is 0.868. The van der Waals surface area contributed by atoms with Crippen LogP contribution in [-0.2, 0) is 12.8 Å². The van der Waals surface area contributed by atoms with Crippen LogP contribution >= 0.6 is 22.9 Å². The first kappa shape index (κ1) is 13.6. The molecule has 5 heteroatoms. The predicted molar refractivity (Wildman–Crippen MR) is 77.9 cm³/mol. The molecule has 0 saturated heterocycles. The van der Waals surface area contributed by atoms with E-state index in [-0.39, 0.29) is 10.9 Å². The van der Waals surface area contributed by atoms with Crippen molar-refractivity contribution in [2.45, 2.75) is 45.4 Å². The van der Waals surface area contributed by atoms with Crippen molar-refractivity contribution < 1.29 is 0 Å². The largest absolute Gasteiger partial charge is 0.309 e. The molecule has 0 radical (unpaired) electrons. The maximum Gasteiger partial charge on any atom is 0.259 e. The van der Waals surface area contributed by atoms with E-state index in [4.69, 9.17) is 11.6 Å². The van der Waals surface area contributed by atoms with Crippen molar-refractivity contribution in [3.8, 4) is 0 Å². The number of nitrogens with zero attached hydrogens (tertiary/aromatic N) is 1. The standard InChI is InChI=1S/C13H17ClN2OS/c1-4-6-8-9(5-2)18-13-10(8)12(17)15-11(16-13)7(3)14/h7H,4-6H2,1-3H3,(H,15,16,17). The fourth-order valence-electron chi connectivity index (χ4n) is 2.12. The summed E-state index contributed by atoms with van der Waals surface area (Å²) in [5.74, 6) is 0.557. The summed E-state index contributed by atoms with van der Waals surface area (Å²) in [5.41, 5.74) is 1.12. The number of aromatic nitrogens is 2. The number of hydrogen-bond acceptors (Lipinski definition) is 3. The summed E-state index contributed by atoms with van der Waals surface area (Å²) in [7, 11) is 0. The van der Waals surface area contributed by atoms with Gasteiger partial charge in [-0.3, -0.25) is 4.79 Å². The number of alkyl halides is 1. The monoisotopic (exact) mass is 284 g/mol. The topological polar surface area (TPSA) is 45.8 Å². The number of H-pyrrole nitrogens is 1. The number of nitrogens with one attached hydrogen (secondary N) is 1. The van der Waals surface area contributed by atoms with E-state index in [1.165, 1.54) is 10.4 Å². The van der Waals surface area contributed by atoms with Crippen molar-refractivity contribution in [3.05, 3.63) is 26.6 Å². The minimum Gasteiger partial charge on any atom is -0.309 e. The van der Waals surface area contributed by atoms with Gasteiger partial charge in [-0.15, -0.1) is 22.9 Å². The van der Waals surface area contributed by atoms with Gasteiger partial charge >= 0.3 is 0 Å². The smallest absolute Gasteiger partial charge is 0.259 e. The SMILES string of the molecule is CCCc1c(CC)sc2nc(C(C)Cl)[nH]c(=O)c12. The molecule has 2 aromatic rings. The van der Waals surface area contributed by atoms with E-state index in [1.54, 1.807) is 11.3 Å². The summed E-state index contributed by atoms with van der Waals surface area (Å²) >= 11 is 7.61. The highest BCUT2D eigenvalue weighted by Gasteiger charge is 2.16. The Morgan fingerprint density at radius 3 is 2.72 bits per heavy atom. The maximum atomic E-state index is 12.2. The second-order valence-electron chi connectivity index (χ2n) is 4.35. The van der Waals surface area contributed by atoms with Crippen LogP contribution in [0.5, 0.6) is 0 Å². The second kappa shape index (κ2) is 5.41. The molecule has 0 spiro atoms. The lowest BCUT2D eigenvalue weighted by atomic mass is 10.1. The van der Waals surface area contributed by atoms with E-state index in [9.17, 15) is 4.79 Å². The van der Waals surface area contributed by atoms with Crippen LogP contribution in [-0.4, -0.2) is 9.97 Å². The third-order valence-electron chi connectivity index (χ3n) is 2.96. The molecule has 98 valence electrons. The average Bonchev–Trinajstić information content (AvgIpc) is 2.68. The lowest BCUT2D eigenvalue weighted by Crippen LogP contribution is -2.12. The summed E-state index contributed by atoms with van der Waals surface area (Å²) in [6.07, 6.45) is 2.91. The third-order valence-corrected chi connectivity index (χ3v) is 4.44. The van der Waals surface area contributed by atoms with Crippen LogP contribution in [0.15, 0.2) is 4.79 Å². The Balaban J connectivity index is 2.73. The molecule has 1 atom stereocenters. The molecule has 2 rings (SSSR count). The van der Waals surface area contributed by atoms with Gasteiger partial charge in [-0.05, 0) is 25.3 Å². The van der Waals surface area contributed by atoms with Crippen molar-refractivity contribution in [2.75, 3.05) is 0 Å². The zero-order valence-electron chi connectivity index (χ0n) is 10.8. The highest BCUT2D eigenvalue weighted by molar-refractivity contribution is 7.18. The van der Waals surface area contributed by atoms with Gasteiger partial charge in [0, 0.05) is 4.88 Å². The molecule has 0 saturated carbocycles. The number of fused-ring (bicyclic) bond motifs is 1. The molecule has 2 aromatic heterocycles. The maximum absolute atomic E-state index is 12.2. The number of hydrogen-bond donors (Lipinski definition) is 1. The molecule has 1 N–H and O–H groups in total. The lowest BCUT2D eigenvalue weighted by Gasteiger charge is -2.02. The van der Waals surface area contributed by atoms with Crippen molar-refractivity contribution in [1.29, 1.82) is 0 Å². The van der Waals surface area contributed by atoms with Crippen LogP contribution in [0.4, 0.5) is 0 Å². The molecule has 0 fully saturated rings. The molecule has 3 nitrogen and oxygen atoms in total. The van der Waals surface area contributed by atoms with Gasteiger partial charge in [-0.1, -0.05) is 20.3 Å². The fraction of sp³-hybridized carbons (Fsp3) is 0.538. The third kappa shape index (κ3) is 2.31. The van der Waals surface area contributed by atoms with E-state index in [0.29, 0.717) is 5.82 Å². The fourth-order valence-corrected chi connectivity index (χ4v) is 3.39. The van der Waals surface area contributed by atoms with Crippen LogP contribution in [0.2, 0.25) is 0 Å². The Hall–Kier alpha value is -0.870. The van der Waals surface area contributed by atoms with E-state index >= 15 is 0 Å². The van der Waals surface area contributed by atoms with Crippen molar-refractivity contribution >= 4 is 33.2 Å². The summed E-state index contributed by atoms with van der Waals surface area (Å²) < 4.78 is 0. The summed E-state index contributed by atoms with van der Waals surface area (Å²) in [6, 6.07) is 0. The van der Waals surface area contributed by atoms with E-state index in [2.05, 4.69) is 23.8 Å². The van der Waals surface area contributed by atoms with Gasteiger partial charge in [0.25, 0.3) is 5.56 Å². The van der Waals surface area contributed by atoms with Gasteiger partial charge in [0.15, 0.2) is 0 Å². The Morgan fingerprint density at radius 1 is 1.44 bits per heavy atom. The normalized spacial score (nSPS) is 13.1. The van der Waals surface area contributed by atoms with Gasteiger partial charge < -0.3 is 4.98 Å². The van der Waals surface area contributed by atoms with Gasteiger partial charge in [0.1, 0.15) is 10.7 Å². The molecular formula is C13H17ClN2OS. The molecule has 0 amide bonds. The lowest BCUT2D eigenvalue weighted by molar-refractivity contribution is 0.901. The van der Waals surface area contributed by atoms with Crippen LogP contribution in [0.3, 0.4) is 0 Å². The highest BCUT2D eigenvalue weighted by Crippen LogP contribution is 2.30. The summed E-state index contributed by atoms with van der Waals surface area (Å²) in [5, 5.41) is 0.490. The molecule has 1 unspecified atom stereocenters. The Bertz CT molecular complexity index is 615. The highest BCUT2D eigenvalue weighted by atomic mass is 35.5. The molecule has 0 aliphatic heterocycles. The Kier molecular flexibility index (Phi) is 4.07. The summed E-state index contributed by atoms with van der Waals surface area (Å²) in [6.45, 7) is 6.05. The number of rotatable bonds is 4. The first-order chi connectivity index (χ1) is 8.58. The predicted octanol–water partition coefficient (Wildman–Crippen LogP) is 3.80. The molecule has 0 aromatic carbocycles. The molecule has 0 bridgehead atoms. The number of aryl methyl sites for hydroxylation is 2. The van der Waals surface area contributed by atoms with E-state index in [0.717, 1.165) is 29.5 Å². The van der Waals surface area contributed by atoms with Crippen molar-refractivity contribution in [1.82, 2.24) is 9.97 Å². The van der Waals surface area contributed by atoms with Gasteiger partial charge in [-0.25, -0.2) is 4.98 Å². The molecule has 0 aliphatic carbocycles. The van der Waals surface area contributed by atoms with Crippen LogP contribution in [0.25, 0.3) is 10.2 Å². The molecule has 0 aliphatic rings. The number of thiophene rings is 1. The van der Waals surface area contributed by atoms with Gasteiger partial charge in [-0.2, -0.15) is 0 Å². The minimum atomic E-state index is -0.274. The zero-order chi connectivity index (χ0) is 13.3. The van der Waals surface area contributed by atoms with Gasteiger partial charge in [0.2, 0.25) is 0 Å². The first-order valence-corrected chi connectivity index (χ1v) is 7.52. The molecule has 2 heterocycles. The molecular weight excluding hydrogens is 268 g/mol. The van der Waals surface area contributed by atoms with Crippen LogP contribution in [0, 0.1) is 0 Å². The first-order valence-electron chi connectivity index (χ1n) is 6.27. The van der Waals surface area contributed by atoms with E-state index < -0.39 is 0 Å². The number of aromatic amines is 1. The Morgan fingerprint density at radius 2 is 2.17 bits per heavy atom. The average molecular weight is 285 g/mol. The number of halogens is 1.